The van der Waals surface area contributed by atoms with Gasteiger partial charge in [-0.15, -0.1) is 10.2 Å². The summed E-state index contributed by atoms with van der Waals surface area (Å²) in [6.07, 6.45) is 0.775. The molecule has 0 aliphatic rings. The van der Waals surface area contributed by atoms with Gasteiger partial charge in [-0.1, -0.05) is 19.1 Å². The largest absolute Gasteiger partial charge is 0.494 e. The Morgan fingerprint density at radius 3 is 2.44 bits per heavy atom. The minimum absolute atomic E-state index is 0.440. The van der Waals surface area contributed by atoms with E-state index < -0.39 is 0 Å². The lowest BCUT2D eigenvalue weighted by Crippen LogP contribution is -1.99. The Balaban J connectivity index is 1.81. The van der Waals surface area contributed by atoms with Gasteiger partial charge in [0.1, 0.15) is 17.3 Å². The molecule has 4 aromatic rings. The van der Waals surface area contributed by atoms with Gasteiger partial charge in [-0.3, -0.25) is 4.40 Å². The van der Waals surface area contributed by atoms with Crippen LogP contribution in [0.15, 0.2) is 48.5 Å². The summed E-state index contributed by atoms with van der Waals surface area (Å²) in [7, 11) is 0. The second-order valence-electron chi connectivity index (χ2n) is 5.54. The van der Waals surface area contributed by atoms with Crippen molar-refractivity contribution in [3.8, 4) is 17.4 Å². The predicted octanol–water partition coefficient (Wildman–Crippen LogP) is 4.03. The highest BCUT2D eigenvalue weighted by atomic mass is 16.5. The van der Waals surface area contributed by atoms with Crippen LogP contribution in [0.4, 0.5) is 0 Å². The summed E-state index contributed by atoms with van der Waals surface area (Å²) in [5, 5.41) is 8.56. The van der Waals surface area contributed by atoms with Crippen LogP contribution in [0.25, 0.3) is 16.7 Å². The first kappa shape index (κ1) is 15.4. The van der Waals surface area contributed by atoms with Crippen LogP contribution < -0.4 is 9.47 Å². The maximum atomic E-state index is 6.00. The van der Waals surface area contributed by atoms with E-state index in [1.165, 1.54) is 0 Å². The standard InChI is InChI=1S/C19H18N4O2/c1-3-17-21-22-18-19(20-15-7-5-6-8-16(15)23(17)18)25-14-11-9-13(10-12-14)24-4-2/h5-12H,3-4H2,1-2H3. The number of rotatable bonds is 5. The van der Waals surface area contributed by atoms with Crippen molar-refractivity contribution in [3.63, 3.8) is 0 Å². The van der Waals surface area contributed by atoms with Gasteiger partial charge in [0.25, 0.3) is 5.88 Å². The minimum atomic E-state index is 0.440. The maximum Gasteiger partial charge on any atom is 0.266 e. The third-order valence-electron chi connectivity index (χ3n) is 3.93. The van der Waals surface area contributed by atoms with Gasteiger partial charge in [-0.05, 0) is 43.3 Å². The Bertz CT molecular complexity index is 1020. The third-order valence-corrected chi connectivity index (χ3v) is 3.93. The normalized spacial score (nSPS) is 11.1. The molecule has 6 nitrogen and oxygen atoms in total. The van der Waals surface area contributed by atoms with Crippen molar-refractivity contribution >= 4 is 16.7 Å². The molecule has 0 saturated carbocycles. The molecule has 0 radical (unpaired) electrons. The zero-order chi connectivity index (χ0) is 17.2. The molecule has 0 amide bonds. The fourth-order valence-electron chi connectivity index (χ4n) is 2.80. The number of aryl methyl sites for hydroxylation is 1. The second-order valence-corrected chi connectivity index (χ2v) is 5.54. The van der Waals surface area contributed by atoms with E-state index in [-0.39, 0.29) is 0 Å². The minimum Gasteiger partial charge on any atom is -0.494 e. The molecule has 4 rings (SSSR count). The van der Waals surface area contributed by atoms with Crippen molar-refractivity contribution in [2.45, 2.75) is 20.3 Å². The summed E-state index contributed by atoms with van der Waals surface area (Å²) in [6, 6.07) is 15.4. The van der Waals surface area contributed by atoms with E-state index in [1.807, 2.05) is 59.9 Å². The van der Waals surface area contributed by atoms with E-state index in [0.29, 0.717) is 23.9 Å². The smallest absolute Gasteiger partial charge is 0.266 e. The number of hydrogen-bond acceptors (Lipinski definition) is 5. The first-order valence-electron chi connectivity index (χ1n) is 8.33. The third kappa shape index (κ3) is 2.76. The van der Waals surface area contributed by atoms with Crippen LogP contribution in [-0.2, 0) is 6.42 Å². The quantitative estimate of drug-likeness (QED) is 0.551. The molecule has 0 fully saturated rings. The van der Waals surface area contributed by atoms with Crippen LogP contribution in [0.5, 0.6) is 17.4 Å². The van der Waals surface area contributed by atoms with Gasteiger partial charge in [0.05, 0.1) is 17.6 Å². The van der Waals surface area contributed by atoms with Crippen molar-refractivity contribution < 1.29 is 9.47 Å². The highest BCUT2D eigenvalue weighted by Crippen LogP contribution is 2.28. The van der Waals surface area contributed by atoms with Crippen LogP contribution in [0, 0.1) is 0 Å². The Morgan fingerprint density at radius 2 is 1.68 bits per heavy atom. The SMILES string of the molecule is CCOc1ccc(Oc2nc3ccccc3n3c(CC)nnc23)cc1. The topological polar surface area (TPSA) is 61.5 Å². The lowest BCUT2D eigenvalue weighted by Gasteiger charge is -2.10. The zero-order valence-corrected chi connectivity index (χ0v) is 14.1. The number of hydrogen-bond donors (Lipinski definition) is 0. The van der Waals surface area contributed by atoms with Crippen LogP contribution in [0.1, 0.15) is 19.7 Å². The molecule has 2 heterocycles. The van der Waals surface area contributed by atoms with E-state index >= 15 is 0 Å². The Hall–Kier alpha value is -3.15. The van der Waals surface area contributed by atoms with E-state index in [0.717, 1.165) is 29.0 Å². The molecule has 0 unspecified atom stereocenters. The summed E-state index contributed by atoms with van der Waals surface area (Å²) in [6.45, 7) is 4.64. The summed E-state index contributed by atoms with van der Waals surface area (Å²) < 4.78 is 13.5. The molecule has 2 aromatic carbocycles. The molecule has 0 spiro atoms. The summed E-state index contributed by atoms with van der Waals surface area (Å²) in [5.41, 5.74) is 2.42. The fraction of sp³-hybridized carbons (Fsp3) is 0.211. The fourth-order valence-corrected chi connectivity index (χ4v) is 2.80. The van der Waals surface area contributed by atoms with Gasteiger partial charge in [-0.2, -0.15) is 0 Å². The molecular weight excluding hydrogens is 316 g/mol. The second kappa shape index (κ2) is 6.39. The van der Waals surface area contributed by atoms with E-state index in [2.05, 4.69) is 22.1 Å². The first-order chi connectivity index (χ1) is 12.3. The summed E-state index contributed by atoms with van der Waals surface area (Å²) >= 11 is 0. The number of nitrogens with zero attached hydrogens (tertiary/aromatic N) is 4. The molecular formula is C19H18N4O2. The van der Waals surface area contributed by atoms with Crippen LogP contribution in [0.2, 0.25) is 0 Å². The van der Waals surface area contributed by atoms with Gasteiger partial charge in [0.2, 0.25) is 5.65 Å². The average Bonchev–Trinajstić information content (AvgIpc) is 3.08. The molecule has 6 heteroatoms. The first-order valence-corrected chi connectivity index (χ1v) is 8.33. The lowest BCUT2D eigenvalue weighted by molar-refractivity contribution is 0.339. The average molecular weight is 334 g/mol. The van der Waals surface area contributed by atoms with Gasteiger partial charge in [0.15, 0.2) is 0 Å². The highest BCUT2D eigenvalue weighted by molar-refractivity contribution is 5.79. The van der Waals surface area contributed by atoms with E-state index in [9.17, 15) is 0 Å². The lowest BCUT2D eigenvalue weighted by atomic mass is 10.3. The molecule has 0 bridgehead atoms. The summed E-state index contributed by atoms with van der Waals surface area (Å²) in [5.74, 6) is 2.80. The number of ether oxygens (including phenoxy) is 2. The monoisotopic (exact) mass is 334 g/mol. The molecule has 0 aliphatic heterocycles. The van der Waals surface area contributed by atoms with Gasteiger partial charge in [-0.25, -0.2) is 4.98 Å². The maximum absolute atomic E-state index is 6.00. The highest BCUT2D eigenvalue weighted by Gasteiger charge is 2.15. The number of benzene rings is 2. The van der Waals surface area contributed by atoms with Gasteiger partial charge >= 0.3 is 0 Å². The van der Waals surface area contributed by atoms with Crippen molar-refractivity contribution in [2.24, 2.45) is 0 Å². The molecule has 2 aromatic heterocycles. The Kier molecular flexibility index (Phi) is 3.93. The molecule has 0 atom stereocenters. The number of aromatic nitrogens is 4. The zero-order valence-electron chi connectivity index (χ0n) is 14.1. The van der Waals surface area contributed by atoms with Crippen molar-refractivity contribution in [2.75, 3.05) is 6.61 Å². The van der Waals surface area contributed by atoms with Crippen LogP contribution >= 0.6 is 0 Å². The van der Waals surface area contributed by atoms with Crippen molar-refractivity contribution in [1.82, 2.24) is 19.6 Å². The van der Waals surface area contributed by atoms with E-state index in [1.54, 1.807) is 0 Å². The van der Waals surface area contributed by atoms with Crippen molar-refractivity contribution in [1.29, 1.82) is 0 Å². The van der Waals surface area contributed by atoms with Crippen LogP contribution in [0.3, 0.4) is 0 Å². The van der Waals surface area contributed by atoms with Gasteiger partial charge in [0, 0.05) is 6.42 Å². The van der Waals surface area contributed by atoms with E-state index in [4.69, 9.17) is 9.47 Å². The molecule has 0 N–H and O–H groups in total. The molecule has 25 heavy (non-hydrogen) atoms. The molecule has 126 valence electrons. The molecule has 0 saturated heterocycles. The summed E-state index contributed by atoms with van der Waals surface area (Å²) in [4.78, 5) is 4.63. The number of para-hydroxylation sites is 2. The van der Waals surface area contributed by atoms with Crippen molar-refractivity contribution in [3.05, 3.63) is 54.4 Å². The molecule has 0 aliphatic carbocycles. The van der Waals surface area contributed by atoms with Crippen LogP contribution in [-0.4, -0.2) is 26.2 Å². The Labute approximate surface area is 145 Å². The Morgan fingerprint density at radius 1 is 0.920 bits per heavy atom. The van der Waals surface area contributed by atoms with Gasteiger partial charge < -0.3 is 9.47 Å². The predicted molar refractivity (Wildman–Crippen MR) is 95.4 cm³/mol. The number of fused-ring (bicyclic) bond motifs is 3.